The van der Waals surface area contributed by atoms with Gasteiger partial charge in [0.15, 0.2) is 0 Å². The van der Waals surface area contributed by atoms with Crippen LogP contribution in [0, 0.1) is 5.92 Å². The van der Waals surface area contributed by atoms with Crippen LogP contribution in [0.3, 0.4) is 0 Å². The van der Waals surface area contributed by atoms with Crippen molar-refractivity contribution >= 4 is 5.97 Å². The van der Waals surface area contributed by atoms with E-state index in [4.69, 9.17) is 9.47 Å². The molecule has 100 valence electrons. The van der Waals surface area contributed by atoms with E-state index in [0.717, 1.165) is 19.3 Å². The van der Waals surface area contributed by atoms with Gasteiger partial charge >= 0.3 is 5.97 Å². The van der Waals surface area contributed by atoms with Crippen molar-refractivity contribution in [1.82, 2.24) is 0 Å². The van der Waals surface area contributed by atoms with Gasteiger partial charge in [-0.15, -0.1) is 0 Å². The third-order valence-corrected chi connectivity index (χ3v) is 3.56. The Hall–Kier alpha value is -0.610. The molecule has 0 aromatic rings. The maximum atomic E-state index is 11.8. The van der Waals surface area contributed by atoms with Crippen LogP contribution in [-0.2, 0) is 14.3 Å². The second kappa shape index (κ2) is 6.97. The molecule has 0 aliphatic carbocycles. The summed E-state index contributed by atoms with van der Waals surface area (Å²) < 4.78 is 10.2. The molecule has 1 saturated heterocycles. The van der Waals surface area contributed by atoms with Crippen LogP contribution in [0.2, 0.25) is 0 Å². The monoisotopic (exact) mass is 244 g/mol. The highest BCUT2D eigenvalue weighted by atomic mass is 16.5. The molecule has 1 N–H and O–H groups in total. The number of hydrogen-bond acceptors (Lipinski definition) is 4. The molecule has 2 unspecified atom stereocenters. The Kier molecular flexibility index (Phi) is 5.92. The standard InChI is InChI=1S/C13H24O4/c1-3-4-6-11(12(14)16-2)13(15)7-5-9-17-10-8-13/h11,15H,3-10H2,1-2H3. The molecule has 0 aromatic heterocycles. The quantitative estimate of drug-likeness (QED) is 0.750. The van der Waals surface area contributed by atoms with Crippen LogP contribution in [-0.4, -0.2) is 37.0 Å². The summed E-state index contributed by atoms with van der Waals surface area (Å²) >= 11 is 0. The number of rotatable bonds is 5. The molecular weight excluding hydrogens is 220 g/mol. The summed E-state index contributed by atoms with van der Waals surface area (Å²) in [5.74, 6) is -0.697. The molecule has 0 aromatic carbocycles. The minimum atomic E-state index is -0.946. The first-order valence-electron chi connectivity index (χ1n) is 6.52. The van der Waals surface area contributed by atoms with Crippen molar-refractivity contribution in [2.24, 2.45) is 5.92 Å². The zero-order chi connectivity index (χ0) is 12.7. The number of aliphatic hydroxyl groups is 1. The first-order valence-corrected chi connectivity index (χ1v) is 6.52. The van der Waals surface area contributed by atoms with E-state index in [9.17, 15) is 9.90 Å². The van der Waals surface area contributed by atoms with Gasteiger partial charge in [-0.25, -0.2) is 0 Å². The summed E-state index contributed by atoms with van der Waals surface area (Å²) in [5.41, 5.74) is -0.946. The molecule has 17 heavy (non-hydrogen) atoms. The van der Waals surface area contributed by atoms with Gasteiger partial charge in [-0.2, -0.15) is 0 Å². The molecule has 4 heteroatoms. The van der Waals surface area contributed by atoms with Gasteiger partial charge in [-0.1, -0.05) is 19.8 Å². The Morgan fingerprint density at radius 3 is 2.88 bits per heavy atom. The molecule has 1 heterocycles. The maximum absolute atomic E-state index is 11.8. The average molecular weight is 244 g/mol. The molecule has 0 saturated carbocycles. The third kappa shape index (κ3) is 3.96. The minimum Gasteiger partial charge on any atom is -0.469 e. The first-order chi connectivity index (χ1) is 8.14. The largest absolute Gasteiger partial charge is 0.469 e. The van der Waals surface area contributed by atoms with Crippen LogP contribution < -0.4 is 0 Å². The van der Waals surface area contributed by atoms with E-state index in [1.165, 1.54) is 7.11 Å². The molecule has 0 spiro atoms. The number of unbranched alkanes of at least 4 members (excludes halogenated alkanes) is 1. The maximum Gasteiger partial charge on any atom is 0.311 e. The molecule has 2 atom stereocenters. The van der Waals surface area contributed by atoms with Gasteiger partial charge in [-0.3, -0.25) is 4.79 Å². The fraction of sp³-hybridized carbons (Fsp3) is 0.923. The predicted molar refractivity (Wildman–Crippen MR) is 64.7 cm³/mol. The molecule has 4 nitrogen and oxygen atoms in total. The van der Waals surface area contributed by atoms with Gasteiger partial charge in [-0.05, 0) is 19.3 Å². The predicted octanol–water partition coefficient (Wildman–Crippen LogP) is 1.90. The van der Waals surface area contributed by atoms with Crippen molar-refractivity contribution in [2.75, 3.05) is 20.3 Å². The SMILES string of the molecule is CCCCC(C(=O)OC)C1(O)CCCOCC1. The van der Waals surface area contributed by atoms with E-state index in [2.05, 4.69) is 6.92 Å². The summed E-state index contributed by atoms with van der Waals surface area (Å²) in [6, 6.07) is 0. The van der Waals surface area contributed by atoms with Gasteiger partial charge < -0.3 is 14.6 Å². The Bertz CT molecular complexity index is 232. The third-order valence-electron chi connectivity index (χ3n) is 3.56. The minimum absolute atomic E-state index is 0.289. The number of carbonyl (C=O) groups excluding carboxylic acids is 1. The van der Waals surface area contributed by atoms with E-state index in [1.54, 1.807) is 0 Å². The summed E-state index contributed by atoms with van der Waals surface area (Å²) in [5, 5.41) is 10.7. The zero-order valence-corrected chi connectivity index (χ0v) is 10.9. The molecule has 0 radical (unpaired) electrons. The van der Waals surface area contributed by atoms with Crippen LogP contribution in [0.1, 0.15) is 45.4 Å². The van der Waals surface area contributed by atoms with Gasteiger partial charge in [0.25, 0.3) is 0 Å². The van der Waals surface area contributed by atoms with Crippen molar-refractivity contribution in [3.8, 4) is 0 Å². The molecule has 1 fully saturated rings. The lowest BCUT2D eigenvalue weighted by Gasteiger charge is -2.33. The number of ether oxygens (including phenoxy) is 2. The number of esters is 1. The molecular formula is C13H24O4. The molecule has 1 aliphatic rings. The summed E-state index contributed by atoms with van der Waals surface area (Å²) in [7, 11) is 1.39. The molecule has 0 amide bonds. The van der Waals surface area contributed by atoms with Crippen LogP contribution in [0.5, 0.6) is 0 Å². The Labute approximate surface area is 103 Å². The fourth-order valence-corrected chi connectivity index (χ4v) is 2.46. The highest BCUT2D eigenvalue weighted by molar-refractivity contribution is 5.73. The Balaban J connectivity index is 2.73. The summed E-state index contributed by atoms with van der Waals surface area (Å²) in [6.07, 6.45) is 4.59. The van der Waals surface area contributed by atoms with Gasteiger partial charge in [0.2, 0.25) is 0 Å². The van der Waals surface area contributed by atoms with Gasteiger partial charge in [0, 0.05) is 19.6 Å². The van der Waals surface area contributed by atoms with E-state index < -0.39 is 11.5 Å². The lowest BCUT2D eigenvalue weighted by atomic mass is 9.78. The number of methoxy groups -OCH3 is 1. The van der Waals surface area contributed by atoms with Crippen LogP contribution in [0.4, 0.5) is 0 Å². The lowest BCUT2D eigenvalue weighted by molar-refractivity contribution is -0.157. The van der Waals surface area contributed by atoms with Crippen LogP contribution >= 0.6 is 0 Å². The smallest absolute Gasteiger partial charge is 0.311 e. The highest BCUT2D eigenvalue weighted by Crippen LogP contribution is 2.33. The van der Waals surface area contributed by atoms with Crippen LogP contribution in [0.15, 0.2) is 0 Å². The van der Waals surface area contributed by atoms with Crippen molar-refractivity contribution in [1.29, 1.82) is 0 Å². The lowest BCUT2D eigenvalue weighted by Crippen LogP contribution is -2.43. The second-order valence-electron chi connectivity index (χ2n) is 4.79. The number of carbonyl (C=O) groups is 1. The second-order valence-corrected chi connectivity index (χ2v) is 4.79. The summed E-state index contributed by atoms with van der Waals surface area (Å²) in [6.45, 7) is 3.27. The van der Waals surface area contributed by atoms with Crippen molar-refractivity contribution in [3.63, 3.8) is 0 Å². The Morgan fingerprint density at radius 2 is 2.24 bits per heavy atom. The topological polar surface area (TPSA) is 55.8 Å². The van der Waals surface area contributed by atoms with E-state index >= 15 is 0 Å². The Morgan fingerprint density at radius 1 is 1.47 bits per heavy atom. The normalized spacial score (nSPS) is 27.2. The van der Waals surface area contributed by atoms with E-state index in [0.29, 0.717) is 32.5 Å². The molecule has 0 bridgehead atoms. The number of hydrogen-bond donors (Lipinski definition) is 1. The van der Waals surface area contributed by atoms with Crippen molar-refractivity contribution in [3.05, 3.63) is 0 Å². The fourth-order valence-electron chi connectivity index (χ4n) is 2.46. The summed E-state index contributed by atoms with van der Waals surface area (Å²) in [4.78, 5) is 11.8. The van der Waals surface area contributed by atoms with Gasteiger partial charge in [0.05, 0.1) is 18.6 Å². The van der Waals surface area contributed by atoms with Crippen molar-refractivity contribution < 1.29 is 19.4 Å². The van der Waals surface area contributed by atoms with E-state index in [1.807, 2.05) is 0 Å². The van der Waals surface area contributed by atoms with Gasteiger partial charge in [0.1, 0.15) is 0 Å². The highest BCUT2D eigenvalue weighted by Gasteiger charge is 2.41. The van der Waals surface area contributed by atoms with E-state index in [-0.39, 0.29) is 5.97 Å². The zero-order valence-electron chi connectivity index (χ0n) is 10.9. The average Bonchev–Trinajstić information content (AvgIpc) is 2.55. The van der Waals surface area contributed by atoms with Crippen molar-refractivity contribution in [2.45, 2.75) is 51.0 Å². The molecule has 1 aliphatic heterocycles. The first kappa shape index (κ1) is 14.5. The molecule has 1 rings (SSSR count). The van der Waals surface area contributed by atoms with Crippen LogP contribution in [0.25, 0.3) is 0 Å².